The number of hydrogen-bond acceptors (Lipinski definition) is 1. The normalized spacial score (nSPS) is 15.8. The van der Waals surface area contributed by atoms with Gasteiger partial charge in [0.2, 0.25) is 0 Å². The fourth-order valence-corrected chi connectivity index (χ4v) is 3.65. The average Bonchev–Trinajstić information content (AvgIpc) is 2.89. The van der Waals surface area contributed by atoms with Gasteiger partial charge in [0.05, 0.1) is 0 Å². The van der Waals surface area contributed by atoms with Crippen LogP contribution in [0.25, 0.3) is 5.57 Å². The summed E-state index contributed by atoms with van der Waals surface area (Å²) in [6, 6.07) is 2.21. The molecule has 1 aromatic rings. The quantitative estimate of drug-likeness (QED) is 0.538. The van der Waals surface area contributed by atoms with Crippen molar-refractivity contribution in [3.8, 4) is 0 Å². The lowest BCUT2D eigenvalue weighted by Crippen LogP contribution is -2.06. The van der Waals surface area contributed by atoms with E-state index in [2.05, 4.69) is 32.9 Å². The third-order valence-corrected chi connectivity index (χ3v) is 5.22. The minimum absolute atomic E-state index is 0.223. The topological polar surface area (TPSA) is 0 Å². The zero-order valence-corrected chi connectivity index (χ0v) is 13.5. The van der Waals surface area contributed by atoms with Crippen molar-refractivity contribution in [1.82, 2.24) is 0 Å². The Balaban J connectivity index is 1.93. The standard InChI is InChI=1S/C17H21F3S/c1-11-9-16(21-13(11)3)15-8-12(2)14(10-15)6-4-5-7-17(18,19)20/h9-10H,4-8H2,1-3H3. The first-order chi connectivity index (χ1) is 9.76. The van der Waals surface area contributed by atoms with E-state index >= 15 is 0 Å². The molecule has 0 saturated heterocycles. The molecule has 0 aromatic carbocycles. The Morgan fingerprint density at radius 3 is 2.43 bits per heavy atom. The van der Waals surface area contributed by atoms with E-state index in [0.717, 1.165) is 12.8 Å². The maximum absolute atomic E-state index is 12.1. The van der Waals surface area contributed by atoms with Gasteiger partial charge in [-0.2, -0.15) is 13.2 Å². The molecule has 0 atom stereocenters. The molecule has 0 amide bonds. The summed E-state index contributed by atoms with van der Waals surface area (Å²) in [6.07, 6.45) is 0.0286. The van der Waals surface area contributed by atoms with Crippen LogP contribution < -0.4 is 0 Å². The van der Waals surface area contributed by atoms with Crippen LogP contribution in [-0.4, -0.2) is 6.18 Å². The molecule has 2 rings (SSSR count). The van der Waals surface area contributed by atoms with Gasteiger partial charge in [-0.3, -0.25) is 0 Å². The molecule has 0 nitrogen and oxygen atoms in total. The van der Waals surface area contributed by atoms with E-state index in [1.54, 1.807) is 11.3 Å². The number of aryl methyl sites for hydroxylation is 2. The van der Waals surface area contributed by atoms with Gasteiger partial charge in [0.15, 0.2) is 0 Å². The van der Waals surface area contributed by atoms with Crippen LogP contribution in [0.15, 0.2) is 23.3 Å². The first-order valence-corrected chi connectivity index (χ1v) is 8.11. The van der Waals surface area contributed by atoms with Crippen molar-refractivity contribution < 1.29 is 13.2 Å². The molecule has 0 radical (unpaired) electrons. The number of thiophene rings is 1. The molecule has 1 aliphatic carbocycles. The molecule has 0 aliphatic heterocycles. The van der Waals surface area contributed by atoms with Gasteiger partial charge in [0.1, 0.15) is 0 Å². The predicted molar refractivity (Wildman–Crippen MR) is 83.6 cm³/mol. The zero-order chi connectivity index (χ0) is 15.6. The summed E-state index contributed by atoms with van der Waals surface area (Å²) >= 11 is 1.80. The van der Waals surface area contributed by atoms with Gasteiger partial charge in [-0.15, -0.1) is 11.3 Å². The van der Waals surface area contributed by atoms with Crippen molar-refractivity contribution in [2.45, 2.75) is 59.1 Å². The summed E-state index contributed by atoms with van der Waals surface area (Å²) in [5, 5.41) is 0. The molecule has 1 aromatic heterocycles. The molecule has 116 valence electrons. The maximum Gasteiger partial charge on any atom is 0.389 e. The molecule has 21 heavy (non-hydrogen) atoms. The van der Waals surface area contributed by atoms with Crippen LogP contribution in [0.2, 0.25) is 0 Å². The van der Waals surface area contributed by atoms with E-state index in [0.29, 0.717) is 6.42 Å². The SMILES string of the molecule is CC1=C(CCCCC(F)(F)F)C=C(c2cc(C)c(C)s2)C1. The zero-order valence-electron chi connectivity index (χ0n) is 12.7. The summed E-state index contributed by atoms with van der Waals surface area (Å²) in [4.78, 5) is 2.64. The highest BCUT2D eigenvalue weighted by molar-refractivity contribution is 7.13. The number of hydrogen-bond donors (Lipinski definition) is 0. The molecule has 0 spiro atoms. The van der Waals surface area contributed by atoms with Gasteiger partial charge in [0, 0.05) is 16.2 Å². The van der Waals surface area contributed by atoms with Crippen LogP contribution >= 0.6 is 11.3 Å². The summed E-state index contributed by atoms with van der Waals surface area (Å²) in [7, 11) is 0. The fourth-order valence-electron chi connectivity index (χ4n) is 2.60. The van der Waals surface area contributed by atoms with Crippen LogP contribution in [0.5, 0.6) is 0 Å². The Morgan fingerprint density at radius 2 is 1.86 bits per heavy atom. The summed E-state index contributed by atoms with van der Waals surface area (Å²) < 4.78 is 36.4. The monoisotopic (exact) mass is 314 g/mol. The van der Waals surface area contributed by atoms with Gasteiger partial charge in [-0.25, -0.2) is 0 Å². The van der Waals surface area contributed by atoms with Gasteiger partial charge in [-0.05, 0) is 69.2 Å². The first-order valence-electron chi connectivity index (χ1n) is 7.29. The average molecular weight is 314 g/mol. The second-order valence-corrected chi connectivity index (χ2v) is 7.08. The van der Waals surface area contributed by atoms with Crippen molar-refractivity contribution in [2.24, 2.45) is 0 Å². The highest BCUT2D eigenvalue weighted by atomic mass is 32.1. The maximum atomic E-state index is 12.1. The van der Waals surface area contributed by atoms with Crippen molar-refractivity contribution in [1.29, 1.82) is 0 Å². The van der Waals surface area contributed by atoms with Gasteiger partial charge >= 0.3 is 6.18 Å². The lowest BCUT2D eigenvalue weighted by molar-refractivity contribution is -0.135. The summed E-state index contributed by atoms with van der Waals surface area (Å²) in [6.45, 7) is 6.33. The minimum atomic E-state index is -4.02. The smallest absolute Gasteiger partial charge is 0.171 e. The molecule has 0 unspecified atom stereocenters. The first kappa shape index (κ1) is 16.3. The lowest BCUT2D eigenvalue weighted by atomic mass is 10.0. The highest BCUT2D eigenvalue weighted by Gasteiger charge is 2.26. The molecule has 1 aliphatic rings. The van der Waals surface area contributed by atoms with Crippen molar-refractivity contribution in [2.75, 3.05) is 0 Å². The van der Waals surface area contributed by atoms with E-state index in [4.69, 9.17) is 0 Å². The molecular formula is C17H21F3S. The van der Waals surface area contributed by atoms with E-state index in [-0.39, 0.29) is 6.42 Å². The second kappa shape index (κ2) is 6.39. The third-order valence-electron chi connectivity index (χ3n) is 3.99. The van der Waals surface area contributed by atoms with Crippen LogP contribution in [0, 0.1) is 13.8 Å². The molecule has 4 heteroatoms. The van der Waals surface area contributed by atoms with E-state index < -0.39 is 12.6 Å². The Kier molecular flexibility index (Phi) is 4.97. The third kappa shape index (κ3) is 4.47. The van der Waals surface area contributed by atoms with Crippen LogP contribution in [0.3, 0.4) is 0 Å². The Hall–Kier alpha value is -1.03. The van der Waals surface area contributed by atoms with Crippen molar-refractivity contribution >= 4 is 16.9 Å². The van der Waals surface area contributed by atoms with Crippen LogP contribution in [-0.2, 0) is 0 Å². The Morgan fingerprint density at radius 1 is 1.14 bits per heavy atom. The Labute approximate surface area is 128 Å². The van der Waals surface area contributed by atoms with E-state index in [1.165, 1.54) is 32.0 Å². The fraction of sp³-hybridized carbons (Fsp3) is 0.529. The van der Waals surface area contributed by atoms with Crippen molar-refractivity contribution in [3.05, 3.63) is 38.6 Å². The largest absolute Gasteiger partial charge is 0.389 e. The number of halogens is 3. The molecule has 0 bridgehead atoms. The molecule has 0 saturated carbocycles. The van der Waals surface area contributed by atoms with E-state index in [1.807, 2.05) is 0 Å². The summed E-state index contributed by atoms with van der Waals surface area (Å²) in [5.41, 5.74) is 5.17. The second-order valence-electron chi connectivity index (χ2n) is 5.82. The minimum Gasteiger partial charge on any atom is -0.171 e. The van der Waals surface area contributed by atoms with Crippen molar-refractivity contribution in [3.63, 3.8) is 0 Å². The molecule has 0 N–H and O–H groups in total. The number of allylic oxidation sites excluding steroid dienone is 4. The van der Waals surface area contributed by atoms with Gasteiger partial charge in [0.25, 0.3) is 0 Å². The molecule has 1 heterocycles. The molecule has 0 fully saturated rings. The van der Waals surface area contributed by atoms with Crippen LogP contribution in [0.1, 0.15) is 54.3 Å². The predicted octanol–water partition coefficient (Wildman–Crippen LogP) is 6.59. The van der Waals surface area contributed by atoms with E-state index in [9.17, 15) is 13.2 Å². The molecular weight excluding hydrogens is 293 g/mol. The lowest BCUT2D eigenvalue weighted by Gasteiger charge is -2.06. The van der Waals surface area contributed by atoms with Gasteiger partial charge in [-0.1, -0.05) is 11.6 Å². The van der Waals surface area contributed by atoms with Crippen LogP contribution in [0.4, 0.5) is 13.2 Å². The highest BCUT2D eigenvalue weighted by Crippen LogP contribution is 2.38. The number of unbranched alkanes of at least 4 members (excludes halogenated alkanes) is 1. The number of alkyl halides is 3. The number of rotatable bonds is 5. The Bertz CT molecular complexity index is 554. The summed E-state index contributed by atoms with van der Waals surface area (Å²) in [5.74, 6) is 0. The van der Waals surface area contributed by atoms with Gasteiger partial charge < -0.3 is 0 Å².